The smallest absolute Gasteiger partial charge is 0.272 e. The number of methoxy groups -OCH3 is 2. The van der Waals surface area contributed by atoms with Crippen LogP contribution >= 0.6 is 51.1 Å². The molecule has 6 rings (SSSR count). The van der Waals surface area contributed by atoms with E-state index in [1.165, 1.54) is 23.5 Å². The first kappa shape index (κ1) is 29.8. The van der Waals surface area contributed by atoms with Gasteiger partial charge in [0.05, 0.1) is 48.0 Å². The fourth-order valence-corrected chi connectivity index (χ4v) is 7.37. The summed E-state index contributed by atoms with van der Waals surface area (Å²) in [6, 6.07) is 20.2. The lowest BCUT2D eigenvalue weighted by atomic mass is 9.98. The first-order chi connectivity index (χ1) is 20.9. The highest BCUT2D eigenvalue weighted by Crippen LogP contribution is 2.38. The first-order valence-corrected chi connectivity index (χ1v) is 16.6. The van der Waals surface area contributed by atoms with Gasteiger partial charge in [-0.25, -0.2) is 9.99 Å². The van der Waals surface area contributed by atoms with Gasteiger partial charge in [-0.15, -0.1) is 11.8 Å². The van der Waals surface area contributed by atoms with E-state index in [9.17, 15) is 9.59 Å². The normalized spacial score (nSPS) is 15.8. The van der Waals surface area contributed by atoms with E-state index in [0.29, 0.717) is 45.1 Å². The molecule has 220 valence electrons. The van der Waals surface area contributed by atoms with Gasteiger partial charge >= 0.3 is 0 Å². The zero-order valence-electron chi connectivity index (χ0n) is 23.3. The average molecular weight is 698 g/mol. The highest BCUT2D eigenvalue weighted by molar-refractivity contribution is 9.10. The summed E-state index contributed by atoms with van der Waals surface area (Å²) in [6.45, 7) is 0. The standard InChI is InChI=1S/C31H26BrClN4O4S2/c1-40-26-12-5-19(15-27(26)41-2)25-16-24(18-3-6-20(32)7-4-18)35-37(25)28(38)17-43-31-34-23-13-14-42-29(23)30(39)36(31)22-10-8-21(33)9-11-22/h3-12,15,25H,13-14,16-17H2,1-2H3. The number of hydrazone groups is 1. The van der Waals surface area contributed by atoms with Gasteiger partial charge in [-0.3, -0.25) is 14.2 Å². The Hall–Kier alpha value is -3.25. The van der Waals surface area contributed by atoms with Gasteiger partial charge in [-0.1, -0.05) is 57.5 Å². The lowest BCUT2D eigenvalue weighted by molar-refractivity contribution is -0.130. The largest absolute Gasteiger partial charge is 0.493 e. The fraction of sp³-hybridized carbons (Fsp3) is 0.226. The molecule has 0 saturated heterocycles. The van der Waals surface area contributed by atoms with Crippen molar-refractivity contribution in [3.8, 4) is 17.2 Å². The molecule has 0 N–H and O–H groups in total. The van der Waals surface area contributed by atoms with Crippen molar-refractivity contribution in [3.05, 3.63) is 103 Å². The number of hydrogen-bond donors (Lipinski definition) is 0. The van der Waals surface area contributed by atoms with E-state index in [2.05, 4.69) is 15.9 Å². The van der Waals surface area contributed by atoms with Crippen molar-refractivity contribution in [2.75, 3.05) is 25.7 Å². The Balaban J connectivity index is 1.33. The second-order valence-electron chi connectivity index (χ2n) is 9.80. The molecule has 1 atom stereocenters. The van der Waals surface area contributed by atoms with Crippen molar-refractivity contribution in [2.24, 2.45) is 5.10 Å². The minimum Gasteiger partial charge on any atom is -0.493 e. The number of fused-ring (bicyclic) bond motifs is 1. The van der Waals surface area contributed by atoms with Crippen molar-refractivity contribution in [1.82, 2.24) is 14.6 Å². The maximum atomic E-state index is 13.9. The minimum atomic E-state index is -0.352. The lowest BCUT2D eigenvalue weighted by Gasteiger charge is -2.23. The van der Waals surface area contributed by atoms with Crippen LogP contribution < -0.4 is 15.0 Å². The van der Waals surface area contributed by atoms with Gasteiger partial charge in [0.15, 0.2) is 16.7 Å². The molecule has 0 aliphatic carbocycles. The Bertz CT molecular complexity index is 1780. The Morgan fingerprint density at radius 2 is 1.81 bits per heavy atom. The average Bonchev–Trinajstić information content (AvgIpc) is 3.69. The Morgan fingerprint density at radius 1 is 1.07 bits per heavy atom. The molecule has 1 aromatic heterocycles. The number of amides is 1. The molecule has 0 spiro atoms. The van der Waals surface area contributed by atoms with Crippen molar-refractivity contribution in [3.63, 3.8) is 0 Å². The summed E-state index contributed by atoms with van der Waals surface area (Å²) in [4.78, 5) is 33.0. The summed E-state index contributed by atoms with van der Waals surface area (Å²) in [6.07, 6.45) is 1.24. The van der Waals surface area contributed by atoms with Gasteiger partial charge in [0.2, 0.25) is 0 Å². The van der Waals surface area contributed by atoms with Crippen LogP contribution in [-0.2, 0) is 11.2 Å². The SMILES string of the molecule is COc1ccc(C2CC(c3ccc(Br)cc3)=NN2C(=O)CSc2nc3c(c(=O)n2-c2ccc(Cl)cc2)SCC3)cc1OC. The van der Waals surface area contributed by atoms with Crippen LogP contribution in [0.2, 0.25) is 5.02 Å². The molecule has 1 amide bonds. The molecule has 8 nitrogen and oxygen atoms in total. The molecule has 0 radical (unpaired) electrons. The Kier molecular flexibility index (Phi) is 8.85. The first-order valence-electron chi connectivity index (χ1n) is 13.4. The van der Waals surface area contributed by atoms with Gasteiger partial charge in [0.25, 0.3) is 11.5 Å². The van der Waals surface area contributed by atoms with E-state index in [-0.39, 0.29) is 23.3 Å². The van der Waals surface area contributed by atoms with E-state index in [1.807, 2.05) is 42.5 Å². The predicted octanol–water partition coefficient (Wildman–Crippen LogP) is 6.78. The van der Waals surface area contributed by atoms with Crippen molar-refractivity contribution in [2.45, 2.75) is 28.9 Å². The van der Waals surface area contributed by atoms with Gasteiger partial charge in [-0.2, -0.15) is 5.10 Å². The summed E-state index contributed by atoms with van der Waals surface area (Å²) in [5, 5.41) is 7.38. The molecule has 3 aromatic carbocycles. The van der Waals surface area contributed by atoms with Crippen molar-refractivity contribution in [1.29, 1.82) is 0 Å². The highest BCUT2D eigenvalue weighted by atomic mass is 79.9. The summed E-state index contributed by atoms with van der Waals surface area (Å²) in [7, 11) is 3.17. The van der Waals surface area contributed by atoms with Crippen molar-refractivity contribution < 1.29 is 14.3 Å². The van der Waals surface area contributed by atoms with Gasteiger partial charge in [0, 0.05) is 28.1 Å². The molecule has 12 heteroatoms. The van der Waals surface area contributed by atoms with E-state index >= 15 is 0 Å². The molecule has 2 aliphatic heterocycles. The monoisotopic (exact) mass is 696 g/mol. The molecular weight excluding hydrogens is 672 g/mol. The lowest BCUT2D eigenvalue weighted by Crippen LogP contribution is -2.29. The number of aryl methyl sites for hydroxylation is 1. The van der Waals surface area contributed by atoms with Crippen LogP contribution in [0.15, 0.2) is 91.2 Å². The number of carbonyl (C=O) groups excluding carboxylic acids is 1. The van der Waals surface area contributed by atoms with Crippen molar-refractivity contribution >= 4 is 62.7 Å². The van der Waals surface area contributed by atoms with Gasteiger partial charge in [0.1, 0.15) is 0 Å². The summed E-state index contributed by atoms with van der Waals surface area (Å²) >= 11 is 12.4. The quantitative estimate of drug-likeness (QED) is 0.148. The third-order valence-electron chi connectivity index (χ3n) is 7.21. The van der Waals surface area contributed by atoms with E-state index in [1.54, 1.807) is 48.1 Å². The predicted molar refractivity (Wildman–Crippen MR) is 174 cm³/mol. The van der Waals surface area contributed by atoms with Crippen LogP contribution in [0.4, 0.5) is 0 Å². The summed E-state index contributed by atoms with van der Waals surface area (Å²) < 4.78 is 13.5. The fourth-order valence-electron chi connectivity index (χ4n) is 5.08. The molecule has 4 aromatic rings. The number of thioether (sulfide) groups is 2. The van der Waals surface area contributed by atoms with Gasteiger partial charge < -0.3 is 9.47 Å². The molecule has 1 unspecified atom stereocenters. The molecule has 2 aliphatic rings. The molecule has 0 bridgehead atoms. The number of carbonyl (C=O) groups is 1. The molecule has 0 fully saturated rings. The van der Waals surface area contributed by atoms with Crippen LogP contribution in [0, 0.1) is 0 Å². The molecule has 0 saturated carbocycles. The van der Waals surface area contributed by atoms with Crippen LogP contribution in [0.25, 0.3) is 5.69 Å². The van der Waals surface area contributed by atoms with Gasteiger partial charge in [-0.05, 0) is 59.7 Å². The Labute approximate surface area is 270 Å². The summed E-state index contributed by atoms with van der Waals surface area (Å²) in [5.41, 5.74) is 3.90. The number of aromatic nitrogens is 2. The number of hydrogen-bond acceptors (Lipinski definition) is 8. The topological polar surface area (TPSA) is 86.0 Å². The molecular formula is C31H26BrClN4O4S2. The second kappa shape index (κ2) is 12.8. The van der Waals surface area contributed by atoms with Crippen LogP contribution in [0.5, 0.6) is 11.5 Å². The third-order valence-corrected chi connectivity index (χ3v) is 10.0. The number of halogens is 2. The second-order valence-corrected chi connectivity index (χ2v) is 13.2. The zero-order valence-corrected chi connectivity index (χ0v) is 27.2. The van der Waals surface area contributed by atoms with E-state index < -0.39 is 0 Å². The highest BCUT2D eigenvalue weighted by Gasteiger charge is 2.34. The van der Waals surface area contributed by atoms with Crippen LogP contribution in [0.3, 0.4) is 0 Å². The number of ether oxygens (including phenoxy) is 2. The molecule has 43 heavy (non-hydrogen) atoms. The number of nitrogens with zero attached hydrogens (tertiary/aromatic N) is 4. The van der Waals surface area contributed by atoms with E-state index in [0.717, 1.165) is 32.8 Å². The maximum Gasteiger partial charge on any atom is 0.272 e. The molecule has 3 heterocycles. The minimum absolute atomic E-state index is 0.0346. The summed E-state index contributed by atoms with van der Waals surface area (Å²) in [5.74, 6) is 1.81. The zero-order chi connectivity index (χ0) is 30.1. The third kappa shape index (κ3) is 6.08. The Morgan fingerprint density at radius 3 is 2.53 bits per heavy atom. The van der Waals surface area contributed by atoms with Crippen LogP contribution in [-0.4, -0.2) is 51.9 Å². The van der Waals surface area contributed by atoms with Crippen LogP contribution in [0.1, 0.15) is 29.3 Å². The maximum absolute atomic E-state index is 13.9. The number of benzene rings is 3. The van der Waals surface area contributed by atoms with E-state index in [4.69, 9.17) is 31.2 Å². The number of rotatable bonds is 8.